The number of hydrogen-bond donors (Lipinski definition) is 3. The Balaban J connectivity index is 3.35. The summed E-state index contributed by atoms with van der Waals surface area (Å²) in [5, 5.41) is 23.2. The molecule has 0 rings (SSSR count). The van der Waals surface area contributed by atoms with Crippen LogP contribution in [0.3, 0.4) is 0 Å². The predicted molar refractivity (Wildman–Crippen MR) is 315 cm³/mol. The van der Waals surface area contributed by atoms with Crippen molar-refractivity contribution in [1.82, 2.24) is 5.32 Å². The molecule has 0 aliphatic rings. The molecule has 0 fully saturated rings. The van der Waals surface area contributed by atoms with E-state index in [1.807, 2.05) is 0 Å². The molecular formula is C66H129NO5. The summed E-state index contributed by atoms with van der Waals surface area (Å²) in [5.74, 6) is -0.0181. The molecule has 1 amide bonds. The van der Waals surface area contributed by atoms with Gasteiger partial charge in [0.1, 0.15) is 0 Å². The van der Waals surface area contributed by atoms with E-state index in [-0.39, 0.29) is 18.5 Å². The zero-order valence-corrected chi connectivity index (χ0v) is 48.9. The molecule has 0 saturated carbocycles. The second-order valence-corrected chi connectivity index (χ2v) is 22.8. The van der Waals surface area contributed by atoms with Gasteiger partial charge in [0, 0.05) is 12.8 Å². The van der Waals surface area contributed by atoms with Crippen LogP contribution in [-0.2, 0) is 14.3 Å². The van der Waals surface area contributed by atoms with Crippen LogP contribution in [0.5, 0.6) is 0 Å². The molecule has 0 saturated heterocycles. The number of carbonyl (C=O) groups excluding carboxylic acids is 2. The fraction of sp³-hybridized carbons (Fsp3) is 0.939. The van der Waals surface area contributed by atoms with Gasteiger partial charge in [-0.1, -0.05) is 321 Å². The van der Waals surface area contributed by atoms with E-state index in [4.69, 9.17) is 4.74 Å². The van der Waals surface area contributed by atoms with Gasteiger partial charge in [0.15, 0.2) is 0 Å². The Labute approximate surface area is 450 Å². The van der Waals surface area contributed by atoms with Gasteiger partial charge in [-0.2, -0.15) is 0 Å². The van der Waals surface area contributed by atoms with Crippen LogP contribution < -0.4 is 5.32 Å². The quantitative estimate of drug-likeness (QED) is 0.0320. The van der Waals surface area contributed by atoms with Gasteiger partial charge in [0.2, 0.25) is 5.91 Å². The third-order valence-corrected chi connectivity index (χ3v) is 15.6. The molecule has 3 N–H and O–H groups in total. The van der Waals surface area contributed by atoms with Crippen LogP contribution in [0.15, 0.2) is 12.2 Å². The van der Waals surface area contributed by atoms with Gasteiger partial charge in [-0.15, -0.1) is 0 Å². The van der Waals surface area contributed by atoms with Gasteiger partial charge in [-0.05, 0) is 51.4 Å². The number of ether oxygens (including phenoxy) is 1. The van der Waals surface area contributed by atoms with E-state index < -0.39 is 12.1 Å². The van der Waals surface area contributed by atoms with Crippen molar-refractivity contribution in [3.8, 4) is 0 Å². The molecule has 0 aromatic heterocycles. The van der Waals surface area contributed by atoms with Gasteiger partial charge in [0.05, 0.1) is 25.4 Å². The number of esters is 1. The fourth-order valence-corrected chi connectivity index (χ4v) is 10.5. The van der Waals surface area contributed by atoms with Crippen LogP contribution >= 0.6 is 0 Å². The highest BCUT2D eigenvalue weighted by atomic mass is 16.5. The van der Waals surface area contributed by atoms with Crippen LogP contribution in [0.25, 0.3) is 0 Å². The van der Waals surface area contributed by atoms with E-state index in [1.165, 1.54) is 302 Å². The van der Waals surface area contributed by atoms with Gasteiger partial charge in [-0.25, -0.2) is 0 Å². The van der Waals surface area contributed by atoms with E-state index in [1.54, 1.807) is 0 Å². The van der Waals surface area contributed by atoms with Crippen LogP contribution in [0.4, 0.5) is 0 Å². The minimum absolute atomic E-state index is 0.0186. The Bertz CT molecular complexity index is 1080. The van der Waals surface area contributed by atoms with Crippen molar-refractivity contribution in [2.45, 2.75) is 386 Å². The number of aliphatic hydroxyl groups excluding tert-OH is 2. The second-order valence-electron chi connectivity index (χ2n) is 22.8. The first kappa shape index (κ1) is 70.6. The Morgan fingerprint density at radius 1 is 0.375 bits per heavy atom. The molecule has 0 bridgehead atoms. The first-order valence-corrected chi connectivity index (χ1v) is 32.9. The number of nitrogens with one attached hydrogen (secondary N) is 1. The van der Waals surface area contributed by atoms with Gasteiger partial charge >= 0.3 is 5.97 Å². The molecule has 6 heteroatoms. The number of allylic oxidation sites excluding steroid dienone is 2. The highest BCUT2D eigenvalue weighted by Gasteiger charge is 2.20. The smallest absolute Gasteiger partial charge is 0.305 e. The molecule has 0 radical (unpaired) electrons. The Morgan fingerprint density at radius 3 is 0.986 bits per heavy atom. The van der Waals surface area contributed by atoms with Crippen LogP contribution in [0.2, 0.25) is 0 Å². The summed E-state index contributed by atoms with van der Waals surface area (Å²) in [4.78, 5) is 24.6. The van der Waals surface area contributed by atoms with Crippen molar-refractivity contribution < 1.29 is 24.5 Å². The van der Waals surface area contributed by atoms with Crippen molar-refractivity contribution in [3.63, 3.8) is 0 Å². The lowest BCUT2D eigenvalue weighted by Crippen LogP contribution is -2.45. The van der Waals surface area contributed by atoms with Gasteiger partial charge in [0.25, 0.3) is 0 Å². The summed E-state index contributed by atoms with van der Waals surface area (Å²) in [6.45, 7) is 4.98. The number of unbranched alkanes of at least 4 members (excludes halogenated alkanes) is 49. The summed E-state index contributed by atoms with van der Waals surface area (Å²) in [5.41, 5.74) is 0. The van der Waals surface area contributed by atoms with Crippen LogP contribution in [-0.4, -0.2) is 47.4 Å². The number of carbonyl (C=O) groups is 2. The summed E-state index contributed by atoms with van der Waals surface area (Å²) in [7, 11) is 0. The third-order valence-electron chi connectivity index (χ3n) is 15.6. The van der Waals surface area contributed by atoms with Crippen molar-refractivity contribution in [1.29, 1.82) is 0 Å². The summed E-state index contributed by atoms with van der Waals surface area (Å²) in [6.07, 6.45) is 75.3. The molecule has 0 spiro atoms. The molecule has 2 unspecified atom stereocenters. The van der Waals surface area contributed by atoms with E-state index in [9.17, 15) is 19.8 Å². The first-order valence-electron chi connectivity index (χ1n) is 32.9. The maximum absolute atomic E-state index is 12.5. The molecule has 0 aliphatic carbocycles. The molecular weight excluding hydrogens is 887 g/mol. The van der Waals surface area contributed by atoms with Crippen molar-refractivity contribution in [2.24, 2.45) is 0 Å². The van der Waals surface area contributed by atoms with Crippen molar-refractivity contribution in [3.05, 3.63) is 12.2 Å². The number of rotatable bonds is 62. The topological polar surface area (TPSA) is 95.9 Å². The standard InChI is InChI=1S/C66H129NO5/c1-3-5-7-9-11-13-15-17-18-19-30-33-36-40-44-48-52-56-60-66(71)72-61-57-53-49-45-41-37-34-31-28-26-24-22-20-21-23-25-27-29-32-35-39-43-47-51-55-59-65(70)67-63(62-68)64(69)58-54-50-46-42-38-16-14-12-10-8-6-4-2/h21,23,63-64,68-69H,3-20,22,24-62H2,1-2H3,(H,67,70)/b23-21-. The molecule has 0 aromatic rings. The van der Waals surface area contributed by atoms with Crippen LogP contribution in [0, 0.1) is 0 Å². The van der Waals surface area contributed by atoms with E-state index in [0.717, 1.165) is 38.5 Å². The lowest BCUT2D eigenvalue weighted by Gasteiger charge is -2.22. The summed E-state index contributed by atoms with van der Waals surface area (Å²) < 4.78 is 5.50. The molecule has 2 atom stereocenters. The minimum atomic E-state index is -0.664. The zero-order valence-electron chi connectivity index (χ0n) is 48.9. The monoisotopic (exact) mass is 1020 g/mol. The lowest BCUT2D eigenvalue weighted by molar-refractivity contribution is -0.143. The maximum atomic E-state index is 12.5. The fourth-order valence-electron chi connectivity index (χ4n) is 10.5. The molecule has 0 heterocycles. The molecule has 6 nitrogen and oxygen atoms in total. The highest BCUT2D eigenvalue weighted by molar-refractivity contribution is 5.76. The Morgan fingerprint density at radius 2 is 0.653 bits per heavy atom. The largest absolute Gasteiger partial charge is 0.466 e. The maximum Gasteiger partial charge on any atom is 0.305 e. The summed E-state index contributed by atoms with van der Waals surface area (Å²) in [6, 6.07) is -0.542. The molecule has 428 valence electrons. The third kappa shape index (κ3) is 57.9. The molecule has 72 heavy (non-hydrogen) atoms. The molecule has 0 aliphatic heterocycles. The van der Waals surface area contributed by atoms with E-state index in [0.29, 0.717) is 25.9 Å². The predicted octanol–water partition coefficient (Wildman–Crippen LogP) is 20.8. The minimum Gasteiger partial charge on any atom is -0.466 e. The highest BCUT2D eigenvalue weighted by Crippen LogP contribution is 2.18. The molecule has 0 aromatic carbocycles. The zero-order chi connectivity index (χ0) is 52.2. The van der Waals surface area contributed by atoms with Crippen molar-refractivity contribution in [2.75, 3.05) is 13.2 Å². The van der Waals surface area contributed by atoms with Gasteiger partial charge in [-0.3, -0.25) is 9.59 Å². The van der Waals surface area contributed by atoms with Gasteiger partial charge < -0.3 is 20.3 Å². The number of amides is 1. The Hall–Kier alpha value is -1.40. The Kier molecular flexibility index (Phi) is 60.9. The van der Waals surface area contributed by atoms with E-state index >= 15 is 0 Å². The van der Waals surface area contributed by atoms with Crippen LogP contribution in [0.1, 0.15) is 373 Å². The van der Waals surface area contributed by atoms with Crippen molar-refractivity contribution >= 4 is 11.9 Å². The SMILES string of the molecule is CCCCCCCCCCCCCCCCCCCCC(=O)OCCCCCCCCCCCCCC/C=C\CCCCCCCCCCCC(=O)NC(CO)C(O)CCCCCCCCCCCCCC. The van der Waals surface area contributed by atoms with E-state index in [2.05, 4.69) is 31.3 Å². The number of aliphatic hydroxyl groups is 2. The average Bonchev–Trinajstić information content (AvgIpc) is 3.38. The number of hydrogen-bond acceptors (Lipinski definition) is 5. The average molecular weight is 1020 g/mol. The second kappa shape index (κ2) is 62.1. The lowest BCUT2D eigenvalue weighted by atomic mass is 10.0. The first-order chi connectivity index (χ1) is 35.5. The normalized spacial score (nSPS) is 12.6. The summed E-state index contributed by atoms with van der Waals surface area (Å²) >= 11 is 0.